The number of anilines is 1. The van der Waals surface area contributed by atoms with E-state index in [0.29, 0.717) is 6.54 Å². The summed E-state index contributed by atoms with van der Waals surface area (Å²) in [5.74, 6) is -0.414. The van der Waals surface area contributed by atoms with Crippen molar-refractivity contribution < 1.29 is 4.79 Å². The van der Waals surface area contributed by atoms with Gasteiger partial charge < -0.3 is 10.6 Å². The molecule has 0 saturated carbocycles. The molecule has 0 spiro atoms. The van der Waals surface area contributed by atoms with Gasteiger partial charge in [0, 0.05) is 18.4 Å². The number of nitrogens with one attached hydrogen (secondary N) is 2. The van der Waals surface area contributed by atoms with Crippen LogP contribution in [0.25, 0.3) is 0 Å². The van der Waals surface area contributed by atoms with E-state index < -0.39 is 5.91 Å². The van der Waals surface area contributed by atoms with Gasteiger partial charge in [-0.3, -0.25) is 4.79 Å². The third-order valence-corrected chi connectivity index (χ3v) is 3.89. The van der Waals surface area contributed by atoms with E-state index in [9.17, 15) is 10.1 Å². The minimum Gasteiger partial charge on any atom is -0.386 e. The maximum Gasteiger partial charge on any atom is 0.267 e. The summed E-state index contributed by atoms with van der Waals surface area (Å²) < 4.78 is 0. The molecule has 0 aromatic heterocycles. The van der Waals surface area contributed by atoms with Crippen LogP contribution in [0.15, 0.2) is 54.2 Å². The maximum absolute atomic E-state index is 12.3. The van der Waals surface area contributed by atoms with Crippen LogP contribution in [0, 0.1) is 32.1 Å². The van der Waals surface area contributed by atoms with E-state index >= 15 is 0 Å². The third kappa shape index (κ3) is 4.47. The topological polar surface area (TPSA) is 64.9 Å². The summed E-state index contributed by atoms with van der Waals surface area (Å²) >= 11 is 0. The normalized spacial score (nSPS) is 10.8. The number of aryl methyl sites for hydroxylation is 2. The second-order valence-corrected chi connectivity index (χ2v) is 5.74. The lowest BCUT2D eigenvalue weighted by Crippen LogP contribution is -2.17. The van der Waals surface area contributed by atoms with Crippen LogP contribution in [0.2, 0.25) is 0 Å². The first-order chi connectivity index (χ1) is 11.5. The highest BCUT2D eigenvalue weighted by Gasteiger charge is 2.11. The lowest BCUT2D eigenvalue weighted by Gasteiger charge is -2.10. The molecule has 24 heavy (non-hydrogen) atoms. The van der Waals surface area contributed by atoms with Crippen molar-refractivity contribution in [3.63, 3.8) is 0 Å². The standard InChI is InChI=1S/C20H21N3O/c1-14-7-9-17(10-8-14)12-22-13-18(11-21)20(24)23-19-6-4-5-15(2)16(19)3/h4-10,13,22H,12H2,1-3H3,(H,23,24)/b18-13-. The summed E-state index contributed by atoms with van der Waals surface area (Å²) in [6.07, 6.45) is 1.46. The van der Waals surface area contributed by atoms with Crippen molar-refractivity contribution in [1.29, 1.82) is 5.26 Å². The third-order valence-electron chi connectivity index (χ3n) is 3.89. The molecule has 0 atom stereocenters. The van der Waals surface area contributed by atoms with Gasteiger partial charge in [-0.2, -0.15) is 5.26 Å². The van der Waals surface area contributed by atoms with E-state index in [1.165, 1.54) is 11.8 Å². The highest BCUT2D eigenvalue weighted by Crippen LogP contribution is 2.18. The second-order valence-electron chi connectivity index (χ2n) is 5.74. The van der Waals surface area contributed by atoms with E-state index in [1.807, 2.05) is 69.3 Å². The van der Waals surface area contributed by atoms with Gasteiger partial charge in [0.05, 0.1) is 0 Å². The molecule has 122 valence electrons. The maximum atomic E-state index is 12.3. The van der Waals surface area contributed by atoms with Gasteiger partial charge in [-0.05, 0) is 43.5 Å². The molecule has 0 saturated heterocycles. The highest BCUT2D eigenvalue weighted by atomic mass is 16.1. The Hall–Kier alpha value is -3.06. The molecular formula is C20H21N3O. The molecule has 0 aliphatic heterocycles. The van der Waals surface area contributed by atoms with Crippen molar-refractivity contribution >= 4 is 11.6 Å². The molecule has 0 aliphatic carbocycles. The van der Waals surface area contributed by atoms with Crippen LogP contribution in [0.1, 0.15) is 22.3 Å². The molecule has 0 bridgehead atoms. The van der Waals surface area contributed by atoms with Crippen LogP contribution in [-0.2, 0) is 11.3 Å². The minimum atomic E-state index is -0.414. The van der Waals surface area contributed by atoms with E-state index in [0.717, 1.165) is 22.4 Å². The zero-order valence-electron chi connectivity index (χ0n) is 14.2. The van der Waals surface area contributed by atoms with Crippen LogP contribution in [-0.4, -0.2) is 5.91 Å². The number of carbonyl (C=O) groups is 1. The molecule has 2 rings (SSSR count). The minimum absolute atomic E-state index is 0.0445. The van der Waals surface area contributed by atoms with Gasteiger partial charge in [0.25, 0.3) is 5.91 Å². The summed E-state index contributed by atoms with van der Waals surface area (Å²) in [6, 6.07) is 15.7. The van der Waals surface area contributed by atoms with Crippen LogP contribution >= 0.6 is 0 Å². The van der Waals surface area contributed by atoms with E-state index in [-0.39, 0.29) is 5.57 Å². The Labute approximate surface area is 142 Å². The second kappa shape index (κ2) is 7.98. The van der Waals surface area contributed by atoms with Gasteiger partial charge in [0.15, 0.2) is 0 Å². The lowest BCUT2D eigenvalue weighted by molar-refractivity contribution is -0.112. The molecule has 1 amide bonds. The van der Waals surface area contributed by atoms with Gasteiger partial charge in [0.2, 0.25) is 0 Å². The Morgan fingerprint density at radius 2 is 1.83 bits per heavy atom. The summed E-state index contributed by atoms with van der Waals surface area (Å²) in [6.45, 7) is 6.51. The van der Waals surface area contributed by atoms with E-state index in [2.05, 4.69) is 10.6 Å². The van der Waals surface area contributed by atoms with Crippen molar-refractivity contribution in [2.45, 2.75) is 27.3 Å². The molecule has 0 fully saturated rings. The van der Waals surface area contributed by atoms with Gasteiger partial charge in [-0.25, -0.2) is 0 Å². The number of nitriles is 1. The van der Waals surface area contributed by atoms with Gasteiger partial charge in [-0.15, -0.1) is 0 Å². The van der Waals surface area contributed by atoms with E-state index in [4.69, 9.17) is 0 Å². The summed E-state index contributed by atoms with van der Waals surface area (Å²) in [7, 11) is 0. The number of nitrogens with zero attached hydrogens (tertiary/aromatic N) is 1. The lowest BCUT2D eigenvalue weighted by atomic mass is 10.1. The first kappa shape index (κ1) is 17.3. The molecule has 0 radical (unpaired) electrons. The van der Waals surface area contributed by atoms with Crippen molar-refractivity contribution in [1.82, 2.24) is 5.32 Å². The van der Waals surface area contributed by atoms with Crippen molar-refractivity contribution in [3.05, 3.63) is 76.5 Å². The summed E-state index contributed by atoms with van der Waals surface area (Å²) in [5, 5.41) is 15.0. The first-order valence-corrected chi connectivity index (χ1v) is 7.78. The number of amides is 1. The predicted octanol–water partition coefficient (Wildman–Crippen LogP) is 3.75. The number of carbonyl (C=O) groups excluding carboxylic acids is 1. The fraction of sp³-hybridized carbons (Fsp3) is 0.200. The van der Waals surface area contributed by atoms with Gasteiger partial charge >= 0.3 is 0 Å². The molecule has 2 N–H and O–H groups in total. The zero-order chi connectivity index (χ0) is 17.5. The zero-order valence-corrected chi connectivity index (χ0v) is 14.2. The van der Waals surface area contributed by atoms with Crippen molar-refractivity contribution in [3.8, 4) is 6.07 Å². The largest absolute Gasteiger partial charge is 0.386 e. The number of rotatable bonds is 5. The SMILES string of the molecule is Cc1ccc(CN/C=C(/C#N)C(=O)Nc2cccc(C)c2C)cc1. The van der Waals surface area contributed by atoms with Crippen molar-refractivity contribution in [2.24, 2.45) is 0 Å². The Bertz CT molecular complexity index is 799. The van der Waals surface area contributed by atoms with Crippen LogP contribution in [0.3, 0.4) is 0 Å². The first-order valence-electron chi connectivity index (χ1n) is 7.78. The molecular weight excluding hydrogens is 298 g/mol. The van der Waals surface area contributed by atoms with Crippen LogP contribution < -0.4 is 10.6 Å². The fourth-order valence-electron chi connectivity index (χ4n) is 2.20. The van der Waals surface area contributed by atoms with Crippen molar-refractivity contribution in [2.75, 3.05) is 5.32 Å². The average molecular weight is 319 g/mol. The Morgan fingerprint density at radius 3 is 2.50 bits per heavy atom. The number of hydrogen-bond donors (Lipinski definition) is 2. The molecule has 4 nitrogen and oxygen atoms in total. The fourth-order valence-corrected chi connectivity index (χ4v) is 2.20. The van der Waals surface area contributed by atoms with Gasteiger partial charge in [0.1, 0.15) is 11.6 Å². The molecule has 2 aromatic carbocycles. The number of benzene rings is 2. The summed E-state index contributed by atoms with van der Waals surface area (Å²) in [4.78, 5) is 12.3. The van der Waals surface area contributed by atoms with Crippen LogP contribution in [0.5, 0.6) is 0 Å². The molecule has 0 heterocycles. The molecule has 0 unspecified atom stereocenters. The Morgan fingerprint density at radius 1 is 1.12 bits per heavy atom. The Kier molecular flexibility index (Phi) is 5.75. The van der Waals surface area contributed by atoms with E-state index in [1.54, 1.807) is 0 Å². The molecule has 4 heteroatoms. The van der Waals surface area contributed by atoms with Gasteiger partial charge in [-0.1, -0.05) is 42.0 Å². The quantitative estimate of drug-likeness (QED) is 0.651. The molecule has 0 aliphatic rings. The highest BCUT2D eigenvalue weighted by molar-refractivity contribution is 6.06. The van der Waals surface area contributed by atoms with Crippen LogP contribution in [0.4, 0.5) is 5.69 Å². The monoisotopic (exact) mass is 319 g/mol. The predicted molar refractivity (Wildman–Crippen MR) is 96.3 cm³/mol. The number of hydrogen-bond acceptors (Lipinski definition) is 3. The molecule has 2 aromatic rings. The average Bonchev–Trinajstić information content (AvgIpc) is 2.57. The smallest absolute Gasteiger partial charge is 0.267 e. The summed E-state index contributed by atoms with van der Waals surface area (Å²) in [5.41, 5.74) is 5.13. The Balaban J connectivity index is 2.01.